The van der Waals surface area contributed by atoms with Gasteiger partial charge in [0, 0.05) is 5.41 Å². The van der Waals surface area contributed by atoms with E-state index in [2.05, 4.69) is 76.2 Å². The van der Waals surface area contributed by atoms with Crippen LogP contribution in [0.15, 0.2) is 48.5 Å². The highest BCUT2D eigenvalue weighted by atomic mass is 16.5. The number of ether oxygens (including phenoxy) is 2. The van der Waals surface area contributed by atoms with Crippen LogP contribution in [0.3, 0.4) is 0 Å². The number of rotatable bonds is 18. The molecule has 0 spiro atoms. The Morgan fingerprint density at radius 1 is 0.485 bits per heavy atom. The molecule has 0 N–H and O–H groups in total. The van der Waals surface area contributed by atoms with Crippen LogP contribution in [0.25, 0.3) is 0 Å². The Bertz CT molecular complexity index is 667. The molecule has 0 radical (unpaired) electrons. The summed E-state index contributed by atoms with van der Waals surface area (Å²) in [5.74, 6) is 1.95. The number of benzene rings is 2. The molecule has 0 atom stereocenters. The van der Waals surface area contributed by atoms with Gasteiger partial charge in [0.1, 0.15) is 11.5 Å². The van der Waals surface area contributed by atoms with Gasteiger partial charge >= 0.3 is 0 Å². The molecule has 0 amide bonds. The second-order valence-corrected chi connectivity index (χ2v) is 9.91. The molecular formula is C31H48O2. The molecule has 0 aliphatic heterocycles. The van der Waals surface area contributed by atoms with Crippen molar-refractivity contribution >= 4 is 0 Å². The number of hydrogen-bond donors (Lipinski definition) is 0. The minimum Gasteiger partial charge on any atom is -0.494 e. The van der Waals surface area contributed by atoms with Gasteiger partial charge in [0.2, 0.25) is 0 Å². The summed E-state index contributed by atoms with van der Waals surface area (Å²) in [6.45, 7) is 10.7. The quantitative estimate of drug-likeness (QED) is 0.210. The number of hydrogen-bond acceptors (Lipinski definition) is 2. The first kappa shape index (κ1) is 27.3. The lowest BCUT2D eigenvalue weighted by atomic mass is 9.78. The monoisotopic (exact) mass is 452 g/mol. The fourth-order valence-electron chi connectivity index (χ4n) is 4.25. The van der Waals surface area contributed by atoms with Crippen molar-refractivity contribution in [2.45, 2.75) is 110 Å². The Morgan fingerprint density at radius 2 is 0.818 bits per heavy atom. The molecule has 2 heteroatoms. The van der Waals surface area contributed by atoms with Gasteiger partial charge in [0.05, 0.1) is 13.2 Å². The predicted octanol–water partition coefficient (Wildman–Crippen LogP) is 9.49. The molecule has 0 heterocycles. The fraction of sp³-hybridized carbons (Fsp3) is 0.613. The molecule has 2 rings (SSSR count). The minimum atomic E-state index is -0.0599. The van der Waals surface area contributed by atoms with Gasteiger partial charge in [-0.2, -0.15) is 0 Å². The van der Waals surface area contributed by atoms with Crippen molar-refractivity contribution in [3.63, 3.8) is 0 Å². The Balaban J connectivity index is 1.76. The zero-order valence-electron chi connectivity index (χ0n) is 21.8. The zero-order valence-corrected chi connectivity index (χ0v) is 21.8. The van der Waals surface area contributed by atoms with Crippen LogP contribution in [0.2, 0.25) is 0 Å². The van der Waals surface area contributed by atoms with Gasteiger partial charge in [-0.05, 0) is 48.2 Å². The predicted molar refractivity (Wildman–Crippen MR) is 143 cm³/mol. The summed E-state index contributed by atoms with van der Waals surface area (Å²) < 4.78 is 11.9. The smallest absolute Gasteiger partial charge is 0.119 e. The summed E-state index contributed by atoms with van der Waals surface area (Å²) in [5, 5.41) is 0. The standard InChI is InChI=1S/C31H48O2/c1-5-7-9-11-13-15-25-32-29-21-17-27(18-22-29)31(3,4)28-19-23-30(24-20-28)33-26-16-14-12-10-8-6-2/h17-24H,5-16,25-26H2,1-4H3. The van der Waals surface area contributed by atoms with Crippen LogP contribution >= 0.6 is 0 Å². The third-order valence-corrected chi connectivity index (χ3v) is 6.69. The second-order valence-electron chi connectivity index (χ2n) is 9.91. The molecule has 0 unspecified atom stereocenters. The van der Waals surface area contributed by atoms with Crippen LogP contribution in [-0.4, -0.2) is 13.2 Å². The van der Waals surface area contributed by atoms with E-state index in [0.29, 0.717) is 0 Å². The summed E-state index contributed by atoms with van der Waals surface area (Å²) in [7, 11) is 0. The SMILES string of the molecule is CCCCCCCCOc1ccc(C(C)(C)c2ccc(OCCCCCCCC)cc2)cc1. The summed E-state index contributed by atoms with van der Waals surface area (Å²) >= 11 is 0. The van der Waals surface area contributed by atoms with Gasteiger partial charge in [0.15, 0.2) is 0 Å². The molecule has 2 aromatic carbocycles. The Morgan fingerprint density at radius 3 is 1.18 bits per heavy atom. The molecule has 2 aromatic rings. The highest BCUT2D eigenvalue weighted by Crippen LogP contribution is 2.33. The summed E-state index contributed by atoms with van der Waals surface area (Å²) in [6.07, 6.45) is 15.5. The number of unbranched alkanes of at least 4 members (excludes halogenated alkanes) is 10. The molecule has 33 heavy (non-hydrogen) atoms. The summed E-state index contributed by atoms with van der Waals surface area (Å²) in [4.78, 5) is 0. The van der Waals surface area contributed by atoms with E-state index in [1.54, 1.807) is 0 Å². The fourth-order valence-corrected chi connectivity index (χ4v) is 4.25. The molecular weight excluding hydrogens is 404 g/mol. The molecule has 0 fully saturated rings. The van der Waals surface area contributed by atoms with Gasteiger partial charge in [-0.1, -0.05) is 116 Å². The lowest BCUT2D eigenvalue weighted by Gasteiger charge is -2.26. The third-order valence-electron chi connectivity index (χ3n) is 6.69. The third kappa shape index (κ3) is 10.2. The average molecular weight is 453 g/mol. The van der Waals surface area contributed by atoms with E-state index in [-0.39, 0.29) is 5.41 Å². The maximum atomic E-state index is 5.96. The van der Waals surface area contributed by atoms with Gasteiger partial charge in [-0.3, -0.25) is 0 Å². The molecule has 0 aliphatic carbocycles. The summed E-state index contributed by atoms with van der Waals surface area (Å²) in [6, 6.07) is 17.3. The van der Waals surface area contributed by atoms with E-state index < -0.39 is 0 Å². The lowest BCUT2D eigenvalue weighted by Crippen LogP contribution is -2.18. The van der Waals surface area contributed by atoms with Crippen molar-refractivity contribution in [1.29, 1.82) is 0 Å². The van der Waals surface area contributed by atoms with Crippen molar-refractivity contribution in [2.24, 2.45) is 0 Å². The van der Waals surface area contributed by atoms with Crippen LogP contribution < -0.4 is 9.47 Å². The molecule has 0 aromatic heterocycles. The topological polar surface area (TPSA) is 18.5 Å². The Labute approximate surface area is 204 Å². The van der Waals surface area contributed by atoms with Crippen LogP contribution in [-0.2, 0) is 5.41 Å². The highest BCUT2D eigenvalue weighted by Gasteiger charge is 2.23. The van der Waals surface area contributed by atoms with E-state index in [1.807, 2.05) is 0 Å². The van der Waals surface area contributed by atoms with Gasteiger partial charge in [-0.15, -0.1) is 0 Å². The normalized spacial score (nSPS) is 11.5. The van der Waals surface area contributed by atoms with Crippen molar-refractivity contribution in [3.05, 3.63) is 59.7 Å². The van der Waals surface area contributed by atoms with Crippen molar-refractivity contribution in [2.75, 3.05) is 13.2 Å². The second kappa shape index (κ2) is 15.8. The average Bonchev–Trinajstić information content (AvgIpc) is 2.83. The summed E-state index contributed by atoms with van der Waals surface area (Å²) in [5.41, 5.74) is 2.54. The molecule has 184 valence electrons. The first-order valence-corrected chi connectivity index (χ1v) is 13.5. The molecule has 0 saturated carbocycles. The molecule has 2 nitrogen and oxygen atoms in total. The zero-order chi connectivity index (χ0) is 23.8. The van der Waals surface area contributed by atoms with Crippen LogP contribution in [0, 0.1) is 0 Å². The van der Waals surface area contributed by atoms with Gasteiger partial charge < -0.3 is 9.47 Å². The maximum absolute atomic E-state index is 5.96. The molecule has 0 aliphatic rings. The molecule has 0 bridgehead atoms. The van der Waals surface area contributed by atoms with E-state index in [4.69, 9.17) is 9.47 Å². The Hall–Kier alpha value is -1.96. The van der Waals surface area contributed by atoms with Gasteiger partial charge in [-0.25, -0.2) is 0 Å². The first-order valence-electron chi connectivity index (χ1n) is 13.5. The van der Waals surface area contributed by atoms with Crippen LogP contribution in [0.4, 0.5) is 0 Å². The minimum absolute atomic E-state index is 0.0599. The lowest BCUT2D eigenvalue weighted by molar-refractivity contribution is 0.304. The van der Waals surface area contributed by atoms with Crippen molar-refractivity contribution in [1.82, 2.24) is 0 Å². The van der Waals surface area contributed by atoms with E-state index >= 15 is 0 Å². The molecule has 0 saturated heterocycles. The highest BCUT2D eigenvalue weighted by molar-refractivity contribution is 5.41. The van der Waals surface area contributed by atoms with Crippen LogP contribution in [0.1, 0.15) is 116 Å². The van der Waals surface area contributed by atoms with E-state index in [9.17, 15) is 0 Å². The van der Waals surface area contributed by atoms with Crippen LogP contribution in [0.5, 0.6) is 11.5 Å². The van der Waals surface area contributed by atoms with Crippen molar-refractivity contribution < 1.29 is 9.47 Å². The largest absolute Gasteiger partial charge is 0.494 e. The Kier molecular flexibility index (Phi) is 13.1. The van der Waals surface area contributed by atoms with E-state index in [0.717, 1.165) is 37.6 Å². The van der Waals surface area contributed by atoms with Crippen molar-refractivity contribution in [3.8, 4) is 11.5 Å². The maximum Gasteiger partial charge on any atom is 0.119 e. The van der Waals surface area contributed by atoms with Gasteiger partial charge in [0.25, 0.3) is 0 Å². The first-order chi connectivity index (χ1) is 16.1. The van der Waals surface area contributed by atoms with E-state index in [1.165, 1.54) is 75.3 Å².